The van der Waals surface area contributed by atoms with Gasteiger partial charge in [-0.2, -0.15) is 0 Å². The van der Waals surface area contributed by atoms with Crippen LogP contribution in [0.4, 0.5) is 11.4 Å². The van der Waals surface area contributed by atoms with Crippen molar-refractivity contribution in [2.45, 2.75) is 6.92 Å². The molecule has 2 aromatic rings. The van der Waals surface area contributed by atoms with E-state index in [1.807, 2.05) is 30.3 Å². The Labute approximate surface area is 157 Å². The first-order valence-electron chi connectivity index (χ1n) is 8.22. The summed E-state index contributed by atoms with van der Waals surface area (Å²) in [6, 6.07) is 15.8. The molecule has 0 saturated carbocycles. The van der Waals surface area contributed by atoms with Crippen LogP contribution in [0.3, 0.4) is 0 Å². The van der Waals surface area contributed by atoms with Gasteiger partial charge in [-0.15, -0.1) is 0 Å². The SMILES string of the molecule is COCC(=O)Nc1ccc(NC(=O)/C(=C/c2ccccc2)NC(C)=O)cc1. The van der Waals surface area contributed by atoms with Crippen molar-refractivity contribution in [1.82, 2.24) is 5.32 Å². The van der Waals surface area contributed by atoms with Crippen LogP contribution >= 0.6 is 0 Å². The Bertz CT molecular complexity index is 830. The third kappa shape index (κ3) is 6.75. The third-order valence-electron chi connectivity index (χ3n) is 3.37. The van der Waals surface area contributed by atoms with E-state index in [1.165, 1.54) is 14.0 Å². The number of carbonyl (C=O) groups is 3. The molecule has 0 aliphatic heterocycles. The number of nitrogens with one attached hydrogen (secondary N) is 3. The van der Waals surface area contributed by atoms with Gasteiger partial charge in [0.1, 0.15) is 12.3 Å². The molecule has 0 atom stereocenters. The minimum atomic E-state index is -0.453. The second kappa shape index (κ2) is 9.88. The van der Waals surface area contributed by atoms with Gasteiger partial charge in [0.2, 0.25) is 11.8 Å². The van der Waals surface area contributed by atoms with Crippen LogP contribution < -0.4 is 16.0 Å². The van der Waals surface area contributed by atoms with Gasteiger partial charge in [-0.05, 0) is 35.9 Å². The summed E-state index contributed by atoms with van der Waals surface area (Å²) in [5.41, 5.74) is 2.02. The molecule has 0 saturated heterocycles. The molecule has 0 radical (unpaired) electrons. The van der Waals surface area contributed by atoms with E-state index in [2.05, 4.69) is 16.0 Å². The van der Waals surface area contributed by atoms with E-state index in [0.29, 0.717) is 11.4 Å². The van der Waals surface area contributed by atoms with Gasteiger partial charge in [0.25, 0.3) is 5.91 Å². The van der Waals surface area contributed by atoms with Gasteiger partial charge in [0.15, 0.2) is 0 Å². The van der Waals surface area contributed by atoms with Crippen LogP contribution in [0, 0.1) is 0 Å². The number of anilines is 2. The maximum absolute atomic E-state index is 12.5. The summed E-state index contributed by atoms with van der Waals surface area (Å²) in [6.07, 6.45) is 1.59. The lowest BCUT2D eigenvalue weighted by Gasteiger charge is -2.11. The molecule has 0 bridgehead atoms. The van der Waals surface area contributed by atoms with Gasteiger partial charge < -0.3 is 20.7 Å². The topological polar surface area (TPSA) is 96.5 Å². The number of hydrogen-bond acceptors (Lipinski definition) is 4. The summed E-state index contributed by atoms with van der Waals surface area (Å²) in [7, 11) is 1.44. The van der Waals surface area contributed by atoms with Crippen molar-refractivity contribution in [1.29, 1.82) is 0 Å². The molecule has 0 aliphatic carbocycles. The van der Waals surface area contributed by atoms with Crippen molar-refractivity contribution in [3.63, 3.8) is 0 Å². The number of carbonyl (C=O) groups excluding carboxylic acids is 3. The summed E-state index contributed by atoms with van der Waals surface area (Å²) >= 11 is 0. The maximum atomic E-state index is 12.5. The van der Waals surface area contributed by atoms with Gasteiger partial charge in [-0.3, -0.25) is 14.4 Å². The van der Waals surface area contributed by atoms with E-state index >= 15 is 0 Å². The van der Waals surface area contributed by atoms with Gasteiger partial charge in [-0.1, -0.05) is 30.3 Å². The third-order valence-corrected chi connectivity index (χ3v) is 3.37. The van der Waals surface area contributed by atoms with E-state index in [-0.39, 0.29) is 24.1 Å². The highest BCUT2D eigenvalue weighted by atomic mass is 16.5. The van der Waals surface area contributed by atoms with Crippen LogP contribution in [0.5, 0.6) is 0 Å². The van der Waals surface area contributed by atoms with E-state index in [9.17, 15) is 14.4 Å². The van der Waals surface area contributed by atoms with E-state index in [1.54, 1.807) is 30.3 Å². The highest BCUT2D eigenvalue weighted by Crippen LogP contribution is 2.15. The number of methoxy groups -OCH3 is 1. The number of hydrogen-bond donors (Lipinski definition) is 3. The molecular formula is C20H21N3O4. The lowest BCUT2D eigenvalue weighted by Crippen LogP contribution is -2.28. The molecule has 0 fully saturated rings. The van der Waals surface area contributed by atoms with Crippen molar-refractivity contribution < 1.29 is 19.1 Å². The first-order chi connectivity index (χ1) is 13.0. The molecule has 7 nitrogen and oxygen atoms in total. The largest absolute Gasteiger partial charge is 0.375 e. The van der Waals surface area contributed by atoms with Crippen molar-refractivity contribution in [2.24, 2.45) is 0 Å². The lowest BCUT2D eigenvalue weighted by atomic mass is 10.2. The summed E-state index contributed by atoms with van der Waals surface area (Å²) in [5, 5.41) is 7.91. The Balaban J connectivity index is 2.09. The zero-order valence-corrected chi connectivity index (χ0v) is 15.1. The van der Waals surface area contributed by atoms with Gasteiger partial charge in [0.05, 0.1) is 0 Å². The van der Waals surface area contributed by atoms with Crippen LogP contribution in [0.2, 0.25) is 0 Å². The minimum Gasteiger partial charge on any atom is -0.375 e. The summed E-state index contributed by atoms with van der Waals surface area (Å²) in [4.78, 5) is 35.4. The Morgan fingerprint density at radius 1 is 0.926 bits per heavy atom. The average Bonchev–Trinajstić information content (AvgIpc) is 2.63. The molecule has 140 valence electrons. The van der Waals surface area contributed by atoms with E-state index in [0.717, 1.165) is 5.56 Å². The second-order valence-electron chi connectivity index (χ2n) is 5.66. The van der Waals surface area contributed by atoms with Crippen LogP contribution in [0.15, 0.2) is 60.3 Å². The highest BCUT2D eigenvalue weighted by Gasteiger charge is 2.12. The average molecular weight is 367 g/mol. The Morgan fingerprint density at radius 2 is 1.52 bits per heavy atom. The molecule has 3 N–H and O–H groups in total. The monoisotopic (exact) mass is 367 g/mol. The van der Waals surface area contributed by atoms with Crippen molar-refractivity contribution in [3.05, 3.63) is 65.9 Å². The summed E-state index contributed by atoms with van der Waals surface area (Å²) in [5.74, 6) is -1.07. The molecule has 0 aliphatic rings. The summed E-state index contributed by atoms with van der Waals surface area (Å²) < 4.78 is 4.75. The fraction of sp³-hybridized carbons (Fsp3) is 0.150. The number of amides is 3. The zero-order valence-electron chi connectivity index (χ0n) is 15.1. The van der Waals surface area contributed by atoms with Gasteiger partial charge in [0, 0.05) is 25.4 Å². The summed E-state index contributed by atoms with van der Waals surface area (Å²) in [6.45, 7) is 1.30. The van der Waals surface area contributed by atoms with Crippen LogP contribution in [0.1, 0.15) is 12.5 Å². The fourth-order valence-corrected chi connectivity index (χ4v) is 2.23. The number of ether oxygens (including phenoxy) is 1. The van der Waals surface area contributed by atoms with Crippen LogP contribution in [-0.4, -0.2) is 31.4 Å². The van der Waals surface area contributed by atoms with Crippen LogP contribution in [-0.2, 0) is 19.1 Å². The second-order valence-corrected chi connectivity index (χ2v) is 5.66. The quantitative estimate of drug-likeness (QED) is 0.655. The Kier molecular flexibility index (Phi) is 7.27. The number of rotatable bonds is 7. The van der Waals surface area contributed by atoms with Gasteiger partial charge in [-0.25, -0.2) is 0 Å². The maximum Gasteiger partial charge on any atom is 0.272 e. The molecule has 27 heavy (non-hydrogen) atoms. The standard InChI is InChI=1S/C20H21N3O4/c1-14(24)21-18(12-15-6-4-3-5-7-15)20(26)23-17-10-8-16(9-11-17)22-19(25)13-27-2/h3-12H,13H2,1-2H3,(H,21,24)(H,22,25)(H,23,26)/b18-12-. The Hall–Kier alpha value is -3.45. The molecule has 0 aromatic heterocycles. The molecule has 7 heteroatoms. The smallest absolute Gasteiger partial charge is 0.272 e. The lowest BCUT2D eigenvalue weighted by molar-refractivity contribution is -0.120. The van der Waals surface area contributed by atoms with Crippen LogP contribution in [0.25, 0.3) is 6.08 Å². The molecule has 2 aromatic carbocycles. The van der Waals surface area contributed by atoms with Crippen molar-refractivity contribution in [3.8, 4) is 0 Å². The highest BCUT2D eigenvalue weighted by molar-refractivity contribution is 6.08. The van der Waals surface area contributed by atoms with Crippen molar-refractivity contribution in [2.75, 3.05) is 24.4 Å². The predicted octanol–water partition coefficient (Wildman–Crippen LogP) is 2.39. The molecule has 2 rings (SSSR count). The van der Waals surface area contributed by atoms with E-state index in [4.69, 9.17) is 4.74 Å². The van der Waals surface area contributed by atoms with E-state index < -0.39 is 5.91 Å². The van der Waals surface area contributed by atoms with Crippen molar-refractivity contribution >= 4 is 35.2 Å². The normalized spacial score (nSPS) is 10.8. The Morgan fingerprint density at radius 3 is 2.07 bits per heavy atom. The zero-order chi connectivity index (χ0) is 19.6. The number of benzene rings is 2. The fourth-order valence-electron chi connectivity index (χ4n) is 2.23. The first kappa shape index (κ1) is 19.9. The minimum absolute atomic E-state index is 0.0388. The molecule has 3 amide bonds. The van der Waals surface area contributed by atoms with Gasteiger partial charge >= 0.3 is 0 Å². The molecule has 0 heterocycles. The first-order valence-corrected chi connectivity index (χ1v) is 8.22. The predicted molar refractivity (Wildman–Crippen MR) is 104 cm³/mol. The molecule has 0 spiro atoms. The molecular weight excluding hydrogens is 346 g/mol. The molecule has 0 unspecified atom stereocenters.